The van der Waals surface area contributed by atoms with E-state index < -0.39 is 0 Å². The van der Waals surface area contributed by atoms with Gasteiger partial charge < -0.3 is 10.1 Å². The highest BCUT2D eigenvalue weighted by molar-refractivity contribution is 5.95. The number of amides is 1. The summed E-state index contributed by atoms with van der Waals surface area (Å²) >= 11 is 0. The zero-order valence-corrected chi connectivity index (χ0v) is 12.9. The number of carbonyl (C=O) groups is 1. The molecule has 118 valence electrons. The lowest BCUT2D eigenvalue weighted by Gasteiger charge is -2.19. The second-order valence-electron chi connectivity index (χ2n) is 5.56. The van der Waals surface area contributed by atoms with E-state index in [9.17, 15) is 4.79 Å². The molecule has 1 aromatic heterocycles. The molecule has 0 atom stereocenters. The van der Waals surface area contributed by atoms with Gasteiger partial charge in [0.05, 0.1) is 6.20 Å². The third-order valence-electron chi connectivity index (χ3n) is 3.98. The van der Waals surface area contributed by atoms with Crippen molar-refractivity contribution in [3.63, 3.8) is 0 Å². The first-order valence-electron chi connectivity index (χ1n) is 7.69. The van der Waals surface area contributed by atoms with Gasteiger partial charge in [0.25, 0.3) is 5.91 Å². The van der Waals surface area contributed by atoms with Crippen LogP contribution in [0.4, 0.5) is 0 Å². The van der Waals surface area contributed by atoms with E-state index in [1.165, 1.54) is 6.33 Å². The standard InChI is InChI=1S/C19H15N3O2/c23-19(21-9-13-4-2-1-3-5-13)14-6-7-16-15(8-14)11-24-17-10-20-12-22-18(16)17/h1-8,10,12H,9,11H2,(H,21,23). The van der Waals surface area contributed by atoms with Crippen LogP contribution >= 0.6 is 0 Å². The van der Waals surface area contributed by atoms with Crippen molar-refractivity contribution in [2.24, 2.45) is 0 Å². The molecular formula is C19H15N3O2. The largest absolute Gasteiger partial charge is 0.485 e. The minimum atomic E-state index is -0.102. The highest BCUT2D eigenvalue weighted by Crippen LogP contribution is 2.35. The fourth-order valence-corrected chi connectivity index (χ4v) is 2.75. The normalized spacial score (nSPS) is 11.8. The number of nitrogens with one attached hydrogen (secondary N) is 1. The molecule has 5 heteroatoms. The van der Waals surface area contributed by atoms with Crippen LogP contribution in [-0.2, 0) is 13.2 Å². The van der Waals surface area contributed by atoms with Crippen LogP contribution in [0, 0.1) is 0 Å². The van der Waals surface area contributed by atoms with Gasteiger partial charge in [0.2, 0.25) is 0 Å². The molecule has 24 heavy (non-hydrogen) atoms. The monoisotopic (exact) mass is 317 g/mol. The Morgan fingerprint density at radius 1 is 1.17 bits per heavy atom. The Labute approximate surface area is 139 Å². The third kappa shape index (κ3) is 2.72. The maximum atomic E-state index is 12.4. The van der Waals surface area contributed by atoms with Crippen molar-refractivity contribution >= 4 is 5.91 Å². The number of nitrogens with zero attached hydrogens (tertiary/aromatic N) is 2. The summed E-state index contributed by atoms with van der Waals surface area (Å²) in [6.07, 6.45) is 3.16. The highest BCUT2D eigenvalue weighted by Gasteiger charge is 2.20. The van der Waals surface area contributed by atoms with E-state index in [2.05, 4.69) is 15.3 Å². The Hall–Kier alpha value is -3.21. The zero-order valence-electron chi connectivity index (χ0n) is 12.9. The van der Waals surface area contributed by atoms with Crippen molar-refractivity contribution in [1.82, 2.24) is 15.3 Å². The third-order valence-corrected chi connectivity index (χ3v) is 3.98. The lowest BCUT2D eigenvalue weighted by atomic mass is 9.99. The number of fused-ring (bicyclic) bond motifs is 3. The molecule has 3 aromatic rings. The van der Waals surface area contributed by atoms with Gasteiger partial charge in [-0.1, -0.05) is 36.4 Å². The molecule has 1 N–H and O–H groups in total. The number of carbonyl (C=O) groups excluding carboxylic acids is 1. The van der Waals surface area contributed by atoms with Gasteiger partial charge in [-0.05, 0) is 23.3 Å². The van der Waals surface area contributed by atoms with Gasteiger partial charge in [-0.2, -0.15) is 0 Å². The molecule has 0 bridgehead atoms. The summed E-state index contributed by atoms with van der Waals surface area (Å²) in [6.45, 7) is 0.916. The number of rotatable bonds is 3. The molecule has 2 heterocycles. The number of ether oxygens (including phenoxy) is 1. The average molecular weight is 317 g/mol. The molecule has 1 amide bonds. The number of aromatic nitrogens is 2. The van der Waals surface area contributed by atoms with Crippen molar-refractivity contribution in [3.05, 3.63) is 77.7 Å². The predicted molar refractivity (Wildman–Crippen MR) is 89.4 cm³/mol. The molecule has 2 aromatic carbocycles. The number of hydrogen-bond acceptors (Lipinski definition) is 4. The summed E-state index contributed by atoms with van der Waals surface area (Å²) in [5.74, 6) is 0.571. The molecule has 0 radical (unpaired) electrons. The van der Waals surface area contributed by atoms with E-state index in [-0.39, 0.29) is 5.91 Å². The maximum absolute atomic E-state index is 12.4. The van der Waals surface area contributed by atoms with Crippen LogP contribution in [0.3, 0.4) is 0 Å². The van der Waals surface area contributed by atoms with Crippen LogP contribution in [0.15, 0.2) is 61.1 Å². The molecule has 1 aliphatic heterocycles. The number of hydrogen-bond donors (Lipinski definition) is 1. The Bertz CT molecular complexity index is 894. The first-order valence-corrected chi connectivity index (χ1v) is 7.69. The lowest BCUT2D eigenvalue weighted by molar-refractivity contribution is 0.0950. The minimum Gasteiger partial charge on any atom is -0.485 e. The Morgan fingerprint density at radius 2 is 2.04 bits per heavy atom. The minimum absolute atomic E-state index is 0.102. The van der Waals surface area contributed by atoms with Crippen molar-refractivity contribution in [1.29, 1.82) is 0 Å². The molecule has 0 unspecified atom stereocenters. The van der Waals surface area contributed by atoms with Gasteiger partial charge in [0.1, 0.15) is 18.6 Å². The van der Waals surface area contributed by atoms with Crippen molar-refractivity contribution < 1.29 is 9.53 Å². The van der Waals surface area contributed by atoms with E-state index in [1.54, 1.807) is 6.20 Å². The quantitative estimate of drug-likeness (QED) is 0.806. The topological polar surface area (TPSA) is 64.1 Å². The fourth-order valence-electron chi connectivity index (χ4n) is 2.75. The van der Waals surface area contributed by atoms with E-state index in [4.69, 9.17) is 4.74 Å². The second-order valence-corrected chi connectivity index (χ2v) is 5.56. The van der Waals surface area contributed by atoms with Crippen molar-refractivity contribution in [3.8, 4) is 17.0 Å². The van der Waals surface area contributed by atoms with Crippen molar-refractivity contribution in [2.45, 2.75) is 13.2 Å². The van der Waals surface area contributed by atoms with Gasteiger partial charge >= 0.3 is 0 Å². The van der Waals surface area contributed by atoms with E-state index in [0.29, 0.717) is 24.5 Å². The Kier molecular flexibility index (Phi) is 3.67. The smallest absolute Gasteiger partial charge is 0.251 e. The van der Waals surface area contributed by atoms with Gasteiger partial charge in [-0.15, -0.1) is 0 Å². The molecular weight excluding hydrogens is 302 g/mol. The summed E-state index contributed by atoms with van der Waals surface area (Å²) in [5.41, 5.74) is 4.39. The molecule has 0 fully saturated rings. The Balaban J connectivity index is 1.55. The predicted octanol–water partition coefficient (Wildman–Crippen LogP) is 2.97. The summed E-state index contributed by atoms with van der Waals surface area (Å²) in [5, 5.41) is 2.94. The molecule has 5 nitrogen and oxygen atoms in total. The van der Waals surface area contributed by atoms with Crippen LogP contribution in [-0.4, -0.2) is 15.9 Å². The fraction of sp³-hybridized carbons (Fsp3) is 0.105. The van der Waals surface area contributed by atoms with Gasteiger partial charge in [0.15, 0.2) is 5.75 Å². The molecule has 0 saturated heterocycles. The van der Waals surface area contributed by atoms with E-state index >= 15 is 0 Å². The van der Waals surface area contributed by atoms with Gasteiger partial charge in [-0.3, -0.25) is 4.79 Å². The van der Waals surface area contributed by atoms with E-state index in [1.807, 2.05) is 48.5 Å². The summed E-state index contributed by atoms with van der Waals surface area (Å²) < 4.78 is 5.66. The molecule has 0 spiro atoms. The average Bonchev–Trinajstić information content (AvgIpc) is 2.66. The maximum Gasteiger partial charge on any atom is 0.251 e. The molecule has 1 aliphatic rings. The van der Waals surface area contributed by atoms with Crippen LogP contribution in [0.25, 0.3) is 11.3 Å². The molecule has 0 saturated carbocycles. The molecule has 0 aliphatic carbocycles. The first-order chi connectivity index (χ1) is 11.8. The molecule has 4 rings (SSSR count). The summed E-state index contributed by atoms with van der Waals surface area (Å²) in [7, 11) is 0. The van der Waals surface area contributed by atoms with Crippen molar-refractivity contribution in [2.75, 3.05) is 0 Å². The summed E-state index contributed by atoms with van der Waals surface area (Å²) in [4.78, 5) is 20.6. The Morgan fingerprint density at radius 3 is 2.92 bits per heavy atom. The van der Waals surface area contributed by atoms with Gasteiger partial charge in [-0.25, -0.2) is 9.97 Å². The van der Waals surface area contributed by atoms with Crippen LogP contribution in [0.2, 0.25) is 0 Å². The van der Waals surface area contributed by atoms with Gasteiger partial charge in [0, 0.05) is 17.7 Å². The highest BCUT2D eigenvalue weighted by atomic mass is 16.5. The zero-order chi connectivity index (χ0) is 16.4. The number of benzene rings is 2. The van der Waals surface area contributed by atoms with Crippen LogP contribution < -0.4 is 10.1 Å². The van der Waals surface area contributed by atoms with E-state index in [0.717, 1.165) is 22.4 Å². The first kappa shape index (κ1) is 14.4. The van der Waals surface area contributed by atoms with Crippen LogP contribution in [0.5, 0.6) is 5.75 Å². The SMILES string of the molecule is O=C(NCc1ccccc1)c1ccc2c(c1)COc1cncnc1-2. The second kappa shape index (κ2) is 6.12. The lowest BCUT2D eigenvalue weighted by Crippen LogP contribution is -2.23. The summed E-state index contributed by atoms with van der Waals surface area (Å²) in [6, 6.07) is 15.4. The van der Waals surface area contributed by atoms with Crippen LogP contribution in [0.1, 0.15) is 21.5 Å².